The van der Waals surface area contributed by atoms with Crippen molar-refractivity contribution in [2.75, 3.05) is 26.2 Å². The highest BCUT2D eigenvalue weighted by Crippen LogP contribution is 2.24. The van der Waals surface area contributed by atoms with Crippen molar-refractivity contribution in [3.63, 3.8) is 0 Å². The van der Waals surface area contributed by atoms with Crippen molar-refractivity contribution in [2.45, 2.75) is 18.9 Å². The minimum atomic E-state index is -1.01. The standard InChI is InChI=1S/C13H17ClN2O4S/c1-13(20-6-11(17)18)7-16(8-13)12(19)15-5-4-9-2-3-10(14)21-9/h2-3H,4-8H2,1H3,(H,15,19)(H,17,18). The van der Waals surface area contributed by atoms with Crippen molar-refractivity contribution in [3.8, 4) is 0 Å². The van der Waals surface area contributed by atoms with Crippen LogP contribution >= 0.6 is 22.9 Å². The molecule has 2 N–H and O–H groups in total. The largest absolute Gasteiger partial charge is 0.480 e. The van der Waals surface area contributed by atoms with Gasteiger partial charge in [0.25, 0.3) is 0 Å². The first-order valence-corrected chi connectivity index (χ1v) is 7.70. The van der Waals surface area contributed by atoms with Gasteiger partial charge in [-0.2, -0.15) is 0 Å². The third kappa shape index (κ3) is 4.59. The van der Waals surface area contributed by atoms with E-state index >= 15 is 0 Å². The SMILES string of the molecule is CC1(OCC(=O)O)CN(C(=O)NCCc2ccc(Cl)s2)C1. The molecule has 0 aliphatic carbocycles. The number of ether oxygens (including phenoxy) is 1. The van der Waals surface area contributed by atoms with E-state index in [1.165, 1.54) is 11.3 Å². The Kier molecular flexibility index (Phi) is 5.08. The molecule has 8 heteroatoms. The number of rotatable bonds is 6. The van der Waals surface area contributed by atoms with Gasteiger partial charge >= 0.3 is 12.0 Å². The number of urea groups is 1. The maximum absolute atomic E-state index is 11.9. The lowest BCUT2D eigenvalue weighted by molar-refractivity contribution is -0.159. The van der Waals surface area contributed by atoms with Crippen molar-refractivity contribution < 1.29 is 19.4 Å². The molecule has 2 heterocycles. The number of likely N-dealkylation sites (tertiary alicyclic amines) is 1. The van der Waals surface area contributed by atoms with Crippen molar-refractivity contribution in [1.29, 1.82) is 0 Å². The number of amides is 2. The minimum Gasteiger partial charge on any atom is -0.480 e. The van der Waals surface area contributed by atoms with Gasteiger partial charge in [-0.25, -0.2) is 9.59 Å². The highest BCUT2D eigenvalue weighted by atomic mass is 35.5. The second kappa shape index (κ2) is 6.64. The molecule has 116 valence electrons. The number of aliphatic carboxylic acids is 1. The van der Waals surface area contributed by atoms with Gasteiger partial charge < -0.3 is 20.1 Å². The fourth-order valence-electron chi connectivity index (χ4n) is 2.12. The van der Waals surface area contributed by atoms with Crippen LogP contribution in [0, 0.1) is 0 Å². The van der Waals surface area contributed by atoms with E-state index < -0.39 is 11.6 Å². The molecule has 1 aliphatic rings. The first-order chi connectivity index (χ1) is 9.88. The zero-order valence-corrected chi connectivity index (χ0v) is 13.2. The van der Waals surface area contributed by atoms with Crippen LogP contribution in [-0.4, -0.2) is 53.8 Å². The van der Waals surface area contributed by atoms with Gasteiger partial charge in [0.15, 0.2) is 0 Å². The molecule has 0 atom stereocenters. The predicted octanol–water partition coefficient (Wildman–Crippen LogP) is 1.83. The molecule has 1 fully saturated rings. The van der Waals surface area contributed by atoms with E-state index in [9.17, 15) is 9.59 Å². The van der Waals surface area contributed by atoms with Gasteiger partial charge in [-0.05, 0) is 25.5 Å². The molecule has 1 aromatic heterocycles. The summed E-state index contributed by atoms with van der Waals surface area (Å²) in [5, 5.41) is 11.4. The molecular weight excluding hydrogens is 316 g/mol. The number of carbonyl (C=O) groups is 2. The highest BCUT2D eigenvalue weighted by molar-refractivity contribution is 7.16. The molecule has 2 rings (SSSR count). The van der Waals surface area contributed by atoms with E-state index in [-0.39, 0.29) is 12.6 Å². The number of carboxylic acids is 1. The van der Waals surface area contributed by atoms with E-state index in [4.69, 9.17) is 21.4 Å². The summed E-state index contributed by atoms with van der Waals surface area (Å²) in [4.78, 5) is 25.0. The zero-order chi connectivity index (χ0) is 15.5. The molecule has 1 aliphatic heterocycles. The smallest absolute Gasteiger partial charge is 0.329 e. The molecule has 0 unspecified atom stereocenters. The summed E-state index contributed by atoms with van der Waals surface area (Å²) in [6.45, 7) is 2.80. The van der Waals surface area contributed by atoms with Crippen LogP contribution in [-0.2, 0) is 16.0 Å². The summed E-state index contributed by atoms with van der Waals surface area (Å²) < 4.78 is 5.99. The molecule has 0 spiro atoms. The molecule has 0 bridgehead atoms. The fraction of sp³-hybridized carbons (Fsp3) is 0.538. The molecule has 0 aromatic carbocycles. The Morgan fingerprint density at radius 2 is 2.24 bits per heavy atom. The lowest BCUT2D eigenvalue weighted by Crippen LogP contribution is -2.65. The lowest BCUT2D eigenvalue weighted by atomic mass is 9.97. The van der Waals surface area contributed by atoms with Crippen LogP contribution in [0.4, 0.5) is 4.79 Å². The molecule has 2 amide bonds. The van der Waals surface area contributed by atoms with Crippen LogP contribution in [0.1, 0.15) is 11.8 Å². The van der Waals surface area contributed by atoms with Gasteiger partial charge in [-0.15, -0.1) is 11.3 Å². The van der Waals surface area contributed by atoms with E-state index in [0.29, 0.717) is 19.6 Å². The first kappa shape index (κ1) is 16.1. The molecule has 1 aromatic rings. The van der Waals surface area contributed by atoms with Crippen molar-refractivity contribution in [3.05, 3.63) is 21.3 Å². The zero-order valence-electron chi connectivity index (χ0n) is 11.6. The summed E-state index contributed by atoms with van der Waals surface area (Å²) in [6, 6.07) is 3.62. The van der Waals surface area contributed by atoms with E-state index in [1.807, 2.05) is 12.1 Å². The van der Waals surface area contributed by atoms with Gasteiger partial charge in [0.2, 0.25) is 0 Å². The van der Waals surface area contributed by atoms with Crippen LogP contribution in [0.3, 0.4) is 0 Å². The molecular formula is C13H17ClN2O4S. The van der Waals surface area contributed by atoms with Crippen molar-refractivity contribution in [2.24, 2.45) is 0 Å². The lowest BCUT2D eigenvalue weighted by Gasteiger charge is -2.46. The van der Waals surface area contributed by atoms with Gasteiger partial charge in [0.1, 0.15) is 12.2 Å². The molecule has 0 saturated carbocycles. The number of hydrogen-bond acceptors (Lipinski definition) is 4. The average Bonchev–Trinajstić information content (AvgIpc) is 2.78. The van der Waals surface area contributed by atoms with E-state index in [1.54, 1.807) is 11.8 Å². The number of halogens is 1. The van der Waals surface area contributed by atoms with Gasteiger partial charge in [0, 0.05) is 11.4 Å². The van der Waals surface area contributed by atoms with Gasteiger partial charge in [0.05, 0.1) is 17.4 Å². The van der Waals surface area contributed by atoms with E-state index in [0.717, 1.165) is 15.6 Å². The second-order valence-corrected chi connectivity index (χ2v) is 6.98. The first-order valence-electron chi connectivity index (χ1n) is 6.51. The Labute approximate surface area is 131 Å². The number of thiophene rings is 1. The predicted molar refractivity (Wildman–Crippen MR) is 80.0 cm³/mol. The minimum absolute atomic E-state index is 0.158. The van der Waals surface area contributed by atoms with Crippen molar-refractivity contribution >= 4 is 34.9 Å². The monoisotopic (exact) mass is 332 g/mol. The third-order valence-corrected chi connectivity index (χ3v) is 4.45. The summed E-state index contributed by atoms with van der Waals surface area (Å²) in [7, 11) is 0. The summed E-state index contributed by atoms with van der Waals surface area (Å²) >= 11 is 7.34. The summed E-state index contributed by atoms with van der Waals surface area (Å²) in [6.07, 6.45) is 0.740. The number of carboxylic acid groups (broad SMARTS) is 1. The summed E-state index contributed by atoms with van der Waals surface area (Å²) in [5.41, 5.74) is -0.559. The molecule has 6 nitrogen and oxygen atoms in total. The van der Waals surface area contributed by atoms with Crippen LogP contribution < -0.4 is 5.32 Å². The third-order valence-electron chi connectivity index (χ3n) is 3.16. The Morgan fingerprint density at radius 3 is 2.81 bits per heavy atom. The fourth-order valence-corrected chi connectivity index (χ4v) is 3.21. The van der Waals surface area contributed by atoms with Crippen LogP contribution in [0.2, 0.25) is 4.34 Å². The Bertz CT molecular complexity index is 528. The second-order valence-electron chi connectivity index (χ2n) is 5.18. The highest BCUT2D eigenvalue weighted by Gasteiger charge is 2.42. The Balaban J connectivity index is 1.65. The van der Waals surface area contributed by atoms with Crippen LogP contribution in [0.5, 0.6) is 0 Å². The number of hydrogen-bond donors (Lipinski definition) is 2. The number of carbonyl (C=O) groups excluding carboxylic acids is 1. The normalized spacial score (nSPS) is 16.4. The Hall–Kier alpha value is -1.31. The maximum atomic E-state index is 11.9. The van der Waals surface area contributed by atoms with E-state index in [2.05, 4.69) is 5.32 Å². The molecule has 21 heavy (non-hydrogen) atoms. The summed E-state index contributed by atoms with van der Waals surface area (Å²) in [5.74, 6) is -1.01. The quantitative estimate of drug-likeness (QED) is 0.833. The maximum Gasteiger partial charge on any atom is 0.329 e. The molecule has 1 saturated heterocycles. The molecule has 0 radical (unpaired) electrons. The topological polar surface area (TPSA) is 78.9 Å². The van der Waals surface area contributed by atoms with Gasteiger partial charge in [-0.1, -0.05) is 11.6 Å². The Morgan fingerprint density at radius 1 is 1.52 bits per heavy atom. The van der Waals surface area contributed by atoms with Crippen LogP contribution in [0.25, 0.3) is 0 Å². The van der Waals surface area contributed by atoms with Crippen molar-refractivity contribution in [1.82, 2.24) is 10.2 Å². The number of nitrogens with one attached hydrogen (secondary N) is 1. The number of nitrogens with zero attached hydrogens (tertiary/aromatic N) is 1. The van der Waals surface area contributed by atoms with Gasteiger partial charge in [-0.3, -0.25) is 0 Å². The van der Waals surface area contributed by atoms with Crippen LogP contribution in [0.15, 0.2) is 12.1 Å². The average molecular weight is 333 g/mol.